The SMILES string of the molecule is C=CCN(CCO)c1ccc2n[nH]c(=O)n2n1. The van der Waals surface area contributed by atoms with E-state index in [0.717, 1.165) is 0 Å². The minimum absolute atomic E-state index is 0.00778. The third-order valence-corrected chi connectivity index (χ3v) is 2.30. The first kappa shape index (κ1) is 11.3. The van der Waals surface area contributed by atoms with Gasteiger partial charge in [0.25, 0.3) is 0 Å². The predicted molar refractivity (Wildman–Crippen MR) is 63.1 cm³/mol. The van der Waals surface area contributed by atoms with Crippen molar-refractivity contribution in [1.82, 2.24) is 19.8 Å². The number of aliphatic hydroxyl groups excluding tert-OH is 1. The van der Waals surface area contributed by atoms with Gasteiger partial charge in [0.05, 0.1) is 6.61 Å². The molecule has 0 fully saturated rings. The first-order valence-electron chi connectivity index (χ1n) is 5.17. The van der Waals surface area contributed by atoms with E-state index in [-0.39, 0.29) is 12.3 Å². The molecule has 0 unspecified atom stereocenters. The Bertz CT molecular complexity index is 573. The lowest BCUT2D eigenvalue weighted by molar-refractivity contribution is 0.302. The molecule has 7 heteroatoms. The maximum Gasteiger partial charge on any atom is 0.364 e. The second-order valence-electron chi connectivity index (χ2n) is 3.45. The van der Waals surface area contributed by atoms with Gasteiger partial charge in [0, 0.05) is 13.1 Å². The van der Waals surface area contributed by atoms with Gasteiger partial charge in [-0.05, 0) is 12.1 Å². The van der Waals surface area contributed by atoms with Crippen LogP contribution in [0.3, 0.4) is 0 Å². The second kappa shape index (κ2) is 4.79. The van der Waals surface area contributed by atoms with Crippen molar-refractivity contribution in [2.45, 2.75) is 0 Å². The van der Waals surface area contributed by atoms with Gasteiger partial charge in [0.15, 0.2) is 5.65 Å². The van der Waals surface area contributed by atoms with Crippen LogP contribution in [0.1, 0.15) is 0 Å². The molecule has 0 atom stereocenters. The number of H-pyrrole nitrogens is 1. The minimum atomic E-state index is -0.385. The summed E-state index contributed by atoms with van der Waals surface area (Å²) >= 11 is 0. The van der Waals surface area contributed by atoms with E-state index in [1.54, 1.807) is 18.2 Å². The molecule has 0 aliphatic carbocycles. The molecule has 0 amide bonds. The number of nitrogens with one attached hydrogen (secondary N) is 1. The van der Waals surface area contributed by atoms with Gasteiger partial charge in [0.2, 0.25) is 0 Å². The molecule has 0 saturated heterocycles. The Balaban J connectivity index is 2.42. The Kier molecular flexibility index (Phi) is 3.20. The van der Waals surface area contributed by atoms with E-state index >= 15 is 0 Å². The Hall–Kier alpha value is -2.15. The number of aromatic nitrogens is 4. The topological polar surface area (TPSA) is 86.5 Å². The summed E-state index contributed by atoms with van der Waals surface area (Å²) in [5.41, 5.74) is 0.0747. The fourth-order valence-corrected chi connectivity index (χ4v) is 1.54. The third-order valence-electron chi connectivity index (χ3n) is 2.30. The molecule has 0 spiro atoms. The molecule has 0 aliphatic heterocycles. The van der Waals surface area contributed by atoms with Crippen LogP contribution in [0.5, 0.6) is 0 Å². The fraction of sp³-hybridized carbons (Fsp3) is 0.300. The van der Waals surface area contributed by atoms with Crippen LogP contribution in [-0.4, -0.2) is 44.6 Å². The largest absolute Gasteiger partial charge is 0.395 e. The molecule has 0 bridgehead atoms. The average molecular weight is 235 g/mol. The molecule has 2 N–H and O–H groups in total. The number of fused-ring (bicyclic) bond motifs is 1. The number of nitrogens with zero attached hydrogens (tertiary/aromatic N) is 4. The maximum atomic E-state index is 11.4. The molecule has 2 aromatic rings. The zero-order valence-corrected chi connectivity index (χ0v) is 9.20. The Morgan fingerprint density at radius 1 is 1.59 bits per heavy atom. The summed E-state index contributed by atoms with van der Waals surface area (Å²) in [6.07, 6.45) is 1.71. The lowest BCUT2D eigenvalue weighted by Gasteiger charge is -2.20. The van der Waals surface area contributed by atoms with E-state index in [1.165, 1.54) is 4.52 Å². The van der Waals surface area contributed by atoms with Crippen LogP contribution in [0.25, 0.3) is 5.65 Å². The Morgan fingerprint density at radius 3 is 3.12 bits per heavy atom. The summed E-state index contributed by atoms with van der Waals surface area (Å²) in [6, 6.07) is 3.43. The van der Waals surface area contributed by atoms with E-state index in [1.807, 2.05) is 4.90 Å². The van der Waals surface area contributed by atoms with Gasteiger partial charge in [-0.2, -0.15) is 9.61 Å². The predicted octanol–water partition coefficient (Wildman–Crippen LogP) is -0.598. The smallest absolute Gasteiger partial charge is 0.364 e. The summed E-state index contributed by atoms with van der Waals surface area (Å²) in [5.74, 6) is 0.593. The van der Waals surface area contributed by atoms with Gasteiger partial charge in [-0.3, -0.25) is 0 Å². The molecule has 0 saturated carbocycles. The summed E-state index contributed by atoms with van der Waals surface area (Å²) in [4.78, 5) is 13.2. The molecule has 17 heavy (non-hydrogen) atoms. The molecular formula is C10H13N5O2. The van der Waals surface area contributed by atoms with Crippen molar-refractivity contribution < 1.29 is 5.11 Å². The van der Waals surface area contributed by atoms with Crippen molar-refractivity contribution in [2.24, 2.45) is 0 Å². The lowest BCUT2D eigenvalue weighted by Crippen LogP contribution is -2.28. The van der Waals surface area contributed by atoms with Gasteiger partial charge in [0.1, 0.15) is 5.82 Å². The number of rotatable bonds is 5. The number of aliphatic hydroxyl groups is 1. The highest BCUT2D eigenvalue weighted by atomic mass is 16.3. The number of anilines is 1. The zero-order chi connectivity index (χ0) is 12.3. The Morgan fingerprint density at radius 2 is 2.41 bits per heavy atom. The highest BCUT2D eigenvalue weighted by molar-refractivity contribution is 5.45. The number of hydrogen-bond acceptors (Lipinski definition) is 5. The maximum absolute atomic E-state index is 11.4. The normalized spacial score (nSPS) is 10.6. The molecular weight excluding hydrogens is 222 g/mol. The van der Waals surface area contributed by atoms with Crippen LogP contribution >= 0.6 is 0 Å². The monoisotopic (exact) mass is 235 g/mol. The highest BCUT2D eigenvalue weighted by Crippen LogP contribution is 2.09. The van der Waals surface area contributed by atoms with Crippen LogP contribution in [0.15, 0.2) is 29.6 Å². The van der Waals surface area contributed by atoms with Crippen LogP contribution in [0.2, 0.25) is 0 Å². The van der Waals surface area contributed by atoms with Crippen molar-refractivity contribution in [3.8, 4) is 0 Å². The summed E-state index contributed by atoms with van der Waals surface area (Å²) in [7, 11) is 0. The van der Waals surface area contributed by atoms with Gasteiger partial charge >= 0.3 is 5.69 Å². The molecule has 2 aromatic heterocycles. The van der Waals surface area contributed by atoms with Crippen molar-refractivity contribution in [2.75, 3.05) is 24.6 Å². The molecule has 0 radical (unpaired) electrons. The van der Waals surface area contributed by atoms with E-state index < -0.39 is 0 Å². The van der Waals surface area contributed by atoms with Crippen LogP contribution in [0.4, 0.5) is 5.82 Å². The van der Waals surface area contributed by atoms with Crippen molar-refractivity contribution in [1.29, 1.82) is 0 Å². The zero-order valence-electron chi connectivity index (χ0n) is 9.20. The molecule has 2 heterocycles. The first-order valence-corrected chi connectivity index (χ1v) is 5.17. The van der Waals surface area contributed by atoms with E-state index in [9.17, 15) is 4.79 Å². The Labute approximate surface area is 97.0 Å². The second-order valence-corrected chi connectivity index (χ2v) is 3.45. The highest BCUT2D eigenvalue weighted by Gasteiger charge is 2.08. The van der Waals surface area contributed by atoms with Crippen LogP contribution in [-0.2, 0) is 0 Å². The molecule has 90 valence electrons. The van der Waals surface area contributed by atoms with E-state index in [2.05, 4.69) is 21.9 Å². The van der Waals surface area contributed by atoms with Crippen molar-refractivity contribution in [3.05, 3.63) is 35.3 Å². The van der Waals surface area contributed by atoms with Crippen LogP contribution in [0, 0.1) is 0 Å². The van der Waals surface area contributed by atoms with Crippen molar-refractivity contribution in [3.63, 3.8) is 0 Å². The molecule has 0 aliphatic rings. The standard InChI is InChI=1S/C10H13N5O2/c1-2-5-14(6-7-16)9-4-3-8-11-12-10(17)15(8)13-9/h2-4,16H,1,5-7H2,(H,12,17). The van der Waals surface area contributed by atoms with Gasteiger partial charge in [-0.15, -0.1) is 11.7 Å². The van der Waals surface area contributed by atoms with Gasteiger partial charge < -0.3 is 10.0 Å². The third kappa shape index (κ3) is 2.18. The summed E-state index contributed by atoms with van der Waals surface area (Å²) in [6.45, 7) is 4.62. The lowest BCUT2D eigenvalue weighted by atomic mass is 10.4. The van der Waals surface area contributed by atoms with Crippen LogP contribution < -0.4 is 10.6 Å². The molecule has 2 rings (SSSR count). The van der Waals surface area contributed by atoms with E-state index in [4.69, 9.17) is 5.11 Å². The molecule has 7 nitrogen and oxygen atoms in total. The van der Waals surface area contributed by atoms with E-state index in [0.29, 0.717) is 24.6 Å². The quantitative estimate of drug-likeness (QED) is 0.676. The van der Waals surface area contributed by atoms with Crippen molar-refractivity contribution >= 4 is 11.5 Å². The van der Waals surface area contributed by atoms with Gasteiger partial charge in [-0.1, -0.05) is 6.08 Å². The molecule has 0 aromatic carbocycles. The number of hydrogen-bond donors (Lipinski definition) is 2. The summed E-state index contributed by atoms with van der Waals surface area (Å²) in [5, 5.41) is 19.2. The fourth-order valence-electron chi connectivity index (χ4n) is 1.54. The average Bonchev–Trinajstić information content (AvgIpc) is 2.71. The van der Waals surface area contributed by atoms with Gasteiger partial charge in [-0.25, -0.2) is 9.89 Å². The minimum Gasteiger partial charge on any atom is -0.395 e. The first-order chi connectivity index (χ1) is 8.26. The summed E-state index contributed by atoms with van der Waals surface area (Å²) < 4.78 is 1.18. The number of aromatic amines is 1.